The smallest absolute Gasteiger partial charge is 0.282 e. The Morgan fingerprint density at radius 2 is 1.63 bits per heavy atom. The van der Waals surface area contributed by atoms with Gasteiger partial charge in [0.05, 0.1) is 18.4 Å². The summed E-state index contributed by atoms with van der Waals surface area (Å²) in [5.41, 5.74) is 2.50. The van der Waals surface area contributed by atoms with Crippen molar-refractivity contribution in [1.29, 1.82) is 0 Å². The number of hydrogen-bond donors (Lipinski definition) is 1. The van der Waals surface area contributed by atoms with Crippen LogP contribution in [-0.2, 0) is 14.4 Å². The number of carbonyl (C=O) groups is 3. The Kier molecular flexibility index (Phi) is 5.27. The van der Waals surface area contributed by atoms with E-state index in [2.05, 4.69) is 5.32 Å². The van der Waals surface area contributed by atoms with E-state index in [0.717, 1.165) is 25.9 Å². The lowest BCUT2D eigenvalue weighted by Gasteiger charge is -2.21. The van der Waals surface area contributed by atoms with Gasteiger partial charge in [-0.25, -0.2) is 4.90 Å². The zero-order valence-electron chi connectivity index (χ0n) is 17.0. The first kappa shape index (κ1) is 19.7. The summed E-state index contributed by atoms with van der Waals surface area (Å²) in [6.07, 6.45) is 1.96. The fourth-order valence-electron chi connectivity index (χ4n) is 3.97. The van der Waals surface area contributed by atoms with Crippen LogP contribution in [0, 0.1) is 0 Å². The predicted molar refractivity (Wildman–Crippen MR) is 114 cm³/mol. The first-order valence-corrected chi connectivity index (χ1v) is 9.90. The maximum atomic E-state index is 13.5. The quantitative estimate of drug-likeness (QED) is 0.774. The van der Waals surface area contributed by atoms with E-state index >= 15 is 0 Å². The Labute approximate surface area is 174 Å². The number of rotatable bonds is 5. The van der Waals surface area contributed by atoms with Gasteiger partial charge in [-0.2, -0.15) is 0 Å². The van der Waals surface area contributed by atoms with Gasteiger partial charge in [0.2, 0.25) is 5.91 Å². The molecule has 0 aromatic heterocycles. The second-order valence-electron chi connectivity index (χ2n) is 7.29. The van der Waals surface area contributed by atoms with E-state index in [0.29, 0.717) is 34.0 Å². The molecule has 2 aliphatic heterocycles. The number of carbonyl (C=O) groups excluding carboxylic acids is 3. The molecule has 0 saturated carbocycles. The molecule has 1 saturated heterocycles. The van der Waals surface area contributed by atoms with Gasteiger partial charge in [0.1, 0.15) is 11.4 Å². The molecule has 0 unspecified atom stereocenters. The molecule has 1 fully saturated rings. The highest BCUT2D eigenvalue weighted by atomic mass is 16.5. The summed E-state index contributed by atoms with van der Waals surface area (Å²) in [6, 6.07) is 14.0. The minimum absolute atomic E-state index is 0.172. The fraction of sp³-hybridized carbons (Fsp3) is 0.261. The molecule has 0 spiro atoms. The van der Waals surface area contributed by atoms with E-state index in [1.165, 1.54) is 18.9 Å². The first-order valence-electron chi connectivity index (χ1n) is 9.90. The Bertz CT molecular complexity index is 1040. The van der Waals surface area contributed by atoms with Gasteiger partial charge in [0.15, 0.2) is 0 Å². The number of amides is 3. The summed E-state index contributed by atoms with van der Waals surface area (Å²) >= 11 is 0. The molecule has 7 nitrogen and oxygen atoms in total. The molecule has 2 aromatic rings. The van der Waals surface area contributed by atoms with Crippen molar-refractivity contribution in [2.75, 3.05) is 30.4 Å². The van der Waals surface area contributed by atoms with Crippen molar-refractivity contribution < 1.29 is 19.1 Å². The lowest BCUT2D eigenvalue weighted by Crippen LogP contribution is -2.34. The van der Waals surface area contributed by atoms with Gasteiger partial charge in [-0.05, 0) is 42.7 Å². The lowest BCUT2D eigenvalue weighted by atomic mass is 10.0. The van der Waals surface area contributed by atoms with Gasteiger partial charge in [-0.15, -0.1) is 0 Å². The highest BCUT2D eigenvalue weighted by molar-refractivity contribution is 6.45. The molecule has 0 atom stereocenters. The van der Waals surface area contributed by atoms with Gasteiger partial charge in [0.25, 0.3) is 11.8 Å². The molecule has 2 heterocycles. The maximum Gasteiger partial charge on any atom is 0.282 e. The zero-order valence-corrected chi connectivity index (χ0v) is 17.0. The molecular weight excluding hydrogens is 382 g/mol. The Hall–Kier alpha value is -3.61. The number of imide groups is 1. The van der Waals surface area contributed by atoms with E-state index in [1.54, 1.807) is 48.5 Å². The number of nitrogens with zero attached hydrogens (tertiary/aromatic N) is 2. The van der Waals surface area contributed by atoms with E-state index < -0.39 is 0 Å². The van der Waals surface area contributed by atoms with Crippen LogP contribution >= 0.6 is 0 Å². The standard InChI is InChI=1S/C23H23N3O4/c1-15(27)24-17-11-9-16(10-12-17)20-21(25-13-5-6-14-25)23(29)26(22(20)28)18-7-3-4-8-19(18)30-2/h3-4,7-12H,5-6,13-14H2,1-2H3,(H,24,27). The van der Waals surface area contributed by atoms with Crippen LogP contribution in [0.2, 0.25) is 0 Å². The van der Waals surface area contributed by atoms with Crippen molar-refractivity contribution in [2.24, 2.45) is 0 Å². The second-order valence-corrected chi connectivity index (χ2v) is 7.29. The van der Waals surface area contributed by atoms with E-state index in [1.807, 2.05) is 4.90 Å². The third-order valence-electron chi connectivity index (χ3n) is 5.30. The van der Waals surface area contributed by atoms with Gasteiger partial charge in [0, 0.05) is 25.7 Å². The molecular formula is C23H23N3O4. The van der Waals surface area contributed by atoms with E-state index in [-0.39, 0.29) is 17.7 Å². The van der Waals surface area contributed by atoms with Gasteiger partial charge < -0.3 is 15.0 Å². The zero-order chi connectivity index (χ0) is 21.3. The molecule has 0 radical (unpaired) electrons. The topological polar surface area (TPSA) is 79.0 Å². The summed E-state index contributed by atoms with van der Waals surface area (Å²) in [6.45, 7) is 2.91. The molecule has 1 N–H and O–H groups in total. The Morgan fingerprint density at radius 1 is 0.967 bits per heavy atom. The van der Waals surface area contributed by atoms with Crippen molar-refractivity contribution in [3.05, 3.63) is 59.8 Å². The number of likely N-dealkylation sites (tertiary alicyclic amines) is 1. The molecule has 3 amide bonds. The predicted octanol–water partition coefficient (Wildman–Crippen LogP) is 3.03. The summed E-state index contributed by atoms with van der Waals surface area (Å²) in [5, 5.41) is 2.71. The van der Waals surface area contributed by atoms with Crippen molar-refractivity contribution in [1.82, 2.24) is 4.90 Å². The van der Waals surface area contributed by atoms with Crippen LogP contribution in [0.1, 0.15) is 25.3 Å². The number of hydrogen-bond acceptors (Lipinski definition) is 5. The van der Waals surface area contributed by atoms with Gasteiger partial charge in [-0.1, -0.05) is 24.3 Å². The van der Waals surface area contributed by atoms with Crippen LogP contribution in [0.5, 0.6) is 5.75 Å². The van der Waals surface area contributed by atoms with E-state index in [4.69, 9.17) is 4.74 Å². The number of nitrogens with one attached hydrogen (secondary N) is 1. The van der Waals surface area contributed by atoms with Crippen molar-refractivity contribution in [3.63, 3.8) is 0 Å². The maximum absolute atomic E-state index is 13.5. The fourth-order valence-corrected chi connectivity index (χ4v) is 3.97. The molecule has 2 aliphatic rings. The summed E-state index contributed by atoms with van der Waals surface area (Å²) in [5.74, 6) is -0.428. The first-order chi connectivity index (χ1) is 14.5. The molecule has 4 rings (SSSR count). The highest BCUT2D eigenvalue weighted by Crippen LogP contribution is 2.39. The number of anilines is 2. The van der Waals surface area contributed by atoms with Crippen molar-refractivity contribution in [3.8, 4) is 5.75 Å². The Morgan fingerprint density at radius 3 is 2.27 bits per heavy atom. The molecule has 7 heteroatoms. The van der Waals surface area contributed by atoms with Crippen LogP contribution in [0.25, 0.3) is 5.57 Å². The lowest BCUT2D eigenvalue weighted by molar-refractivity contribution is -0.120. The highest BCUT2D eigenvalue weighted by Gasteiger charge is 2.43. The monoisotopic (exact) mass is 405 g/mol. The van der Waals surface area contributed by atoms with Crippen molar-refractivity contribution >= 4 is 34.7 Å². The largest absolute Gasteiger partial charge is 0.495 e. The van der Waals surface area contributed by atoms with Crippen LogP contribution in [0.4, 0.5) is 11.4 Å². The molecule has 0 aliphatic carbocycles. The molecule has 2 aromatic carbocycles. The number of benzene rings is 2. The third kappa shape index (κ3) is 3.43. The third-order valence-corrected chi connectivity index (χ3v) is 5.30. The van der Waals surface area contributed by atoms with Crippen LogP contribution in [-0.4, -0.2) is 42.8 Å². The summed E-state index contributed by atoms with van der Waals surface area (Å²) in [7, 11) is 1.51. The van der Waals surface area contributed by atoms with Crippen LogP contribution < -0.4 is 15.0 Å². The summed E-state index contributed by atoms with van der Waals surface area (Å²) in [4.78, 5) is 41.5. The van der Waals surface area contributed by atoms with Crippen molar-refractivity contribution in [2.45, 2.75) is 19.8 Å². The van der Waals surface area contributed by atoms with Crippen LogP contribution in [0.3, 0.4) is 0 Å². The minimum Gasteiger partial charge on any atom is -0.495 e. The van der Waals surface area contributed by atoms with E-state index in [9.17, 15) is 14.4 Å². The molecule has 154 valence electrons. The summed E-state index contributed by atoms with van der Waals surface area (Å²) < 4.78 is 5.39. The number of para-hydroxylation sites is 2. The SMILES string of the molecule is COc1ccccc1N1C(=O)C(c2ccc(NC(C)=O)cc2)=C(N2CCCC2)C1=O. The van der Waals surface area contributed by atoms with Gasteiger partial charge >= 0.3 is 0 Å². The normalized spacial score (nSPS) is 16.5. The average molecular weight is 405 g/mol. The van der Waals surface area contributed by atoms with Gasteiger partial charge in [-0.3, -0.25) is 14.4 Å². The Balaban J connectivity index is 1.79. The molecule has 30 heavy (non-hydrogen) atoms. The van der Waals surface area contributed by atoms with Crippen LogP contribution in [0.15, 0.2) is 54.2 Å². The number of ether oxygens (including phenoxy) is 1. The number of methoxy groups -OCH3 is 1. The molecule has 0 bridgehead atoms. The minimum atomic E-state index is -0.376. The average Bonchev–Trinajstić information content (AvgIpc) is 3.34. The second kappa shape index (κ2) is 8.02.